The molecule has 0 saturated heterocycles. The van der Waals surface area contributed by atoms with Crippen molar-refractivity contribution < 1.29 is 14.6 Å². The van der Waals surface area contributed by atoms with Crippen LogP contribution in [0, 0.1) is 22.7 Å². The minimum absolute atomic E-state index is 0.0577. The molecule has 0 radical (unpaired) electrons. The first-order chi connectivity index (χ1) is 9.24. The van der Waals surface area contributed by atoms with Gasteiger partial charge in [0, 0.05) is 5.41 Å². The van der Waals surface area contributed by atoms with E-state index in [0.29, 0.717) is 0 Å². The van der Waals surface area contributed by atoms with E-state index in [0.717, 1.165) is 25.7 Å². The average molecular weight is 280 g/mol. The number of carbonyl (C=O) groups excluding carboxylic acids is 1. The smallest absolute Gasteiger partial charge is 0.308 e. The molecule has 3 saturated carbocycles. The van der Waals surface area contributed by atoms with Gasteiger partial charge in [-0.05, 0) is 50.9 Å². The first kappa shape index (κ1) is 15.6. The fourth-order valence-corrected chi connectivity index (χ4v) is 4.56. The molecule has 1 N–H and O–H groups in total. The summed E-state index contributed by atoms with van der Waals surface area (Å²) in [6, 6.07) is 0. The standard InChI is InChI=1S/C17H28O3/c1-11(2)6-9-17(4)13-7-8-16(3,15(17)19)10-12(13)14(18)20-5/h6,12-13,15,19H,7-10H2,1-5H3/t12?,13-,15?,16+,17+/m0/s1. The van der Waals surface area contributed by atoms with Crippen LogP contribution in [-0.2, 0) is 9.53 Å². The van der Waals surface area contributed by atoms with Gasteiger partial charge < -0.3 is 9.84 Å². The van der Waals surface area contributed by atoms with Gasteiger partial charge in [-0.15, -0.1) is 0 Å². The van der Waals surface area contributed by atoms with Crippen LogP contribution in [0.1, 0.15) is 53.4 Å². The van der Waals surface area contributed by atoms with Crippen molar-refractivity contribution in [3.05, 3.63) is 11.6 Å². The van der Waals surface area contributed by atoms with Crippen LogP contribution in [0.3, 0.4) is 0 Å². The van der Waals surface area contributed by atoms with Crippen LogP contribution < -0.4 is 0 Å². The van der Waals surface area contributed by atoms with Gasteiger partial charge in [-0.2, -0.15) is 0 Å². The number of allylic oxidation sites excluding steroid dienone is 2. The maximum atomic E-state index is 12.1. The summed E-state index contributed by atoms with van der Waals surface area (Å²) in [6.45, 7) is 8.44. The number of aliphatic hydroxyl groups excluding tert-OH is 1. The zero-order chi connectivity index (χ0) is 15.1. The maximum Gasteiger partial charge on any atom is 0.308 e. The molecule has 0 aromatic carbocycles. The van der Waals surface area contributed by atoms with Gasteiger partial charge in [0.1, 0.15) is 0 Å². The first-order valence-electron chi connectivity index (χ1n) is 7.64. The second-order valence-corrected chi connectivity index (χ2v) is 7.53. The van der Waals surface area contributed by atoms with Crippen molar-refractivity contribution in [1.29, 1.82) is 0 Å². The molecule has 0 aromatic heterocycles. The zero-order valence-corrected chi connectivity index (χ0v) is 13.4. The van der Waals surface area contributed by atoms with Gasteiger partial charge in [0.2, 0.25) is 0 Å². The Hall–Kier alpha value is -0.830. The Morgan fingerprint density at radius 3 is 2.60 bits per heavy atom. The molecule has 0 spiro atoms. The third-order valence-corrected chi connectivity index (χ3v) is 5.78. The van der Waals surface area contributed by atoms with Crippen molar-refractivity contribution in [3.63, 3.8) is 0 Å². The van der Waals surface area contributed by atoms with Gasteiger partial charge in [-0.25, -0.2) is 0 Å². The molecule has 20 heavy (non-hydrogen) atoms. The van der Waals surface area contributed by atoms with E-state index in [1.807, 2.05) is 0 Å². The Kier molecular flexibility index (Phi) is 4.03. The summed E-state index contributed by atoms with van der Waals surface area (Å²) in [4.78, 5) is 12.1. The fourth-order valence-electron chi connectivity index (χ4n) is 4.56. The van der Waals surface area contributed by atoms with Crippen molar-refractivity contribution in [2.45, 2.75) is 59.5 Å². The lowest BCUT2D eigenvalue weighted by atomic mass is 9.45. The summed E-state index contributed by atoms with van der Waals surface area (Å²) in [6.07, 6.45) is 5.48. The molecule has 114 valence electrons. The quantitative estimate of drug-likeness (QED) is 0.637. The Morgan fingerprint density at radius 1 is 1.40 bits per heavy atom. The molecule has 3 heteroatoms. The number of rotatable bonds is 3. The molecule has 0 aliphatic heterocycles. The Morgan fingerprint density at radius 2 is 2.05 bits per heavy atom. The molecule has 3 fully saturated rings. The Balaban J connectivity index is 2.35. The second-order valence-electron chi connectivity index (χ2n) is 7.53. The topological polar surface area (TPSA) is 46.5 Å². The van der Waals surface area contributed by atoms with E-state index in [1.54, 1.807) is 0 Å². The Labute approximate surface area is 122 Å². The first-order valence-corrected chi connectivity index (χ1v) is 7.64. The normalized spacial score (nSPS) is 43.2. The average Bonchev–Trinajstić information content (AvgIpc) is 2.41. The Bertz CT molecular complexity index is 424. The van der Waals surface area contributed by atoms with Crippen molar-refractivity contribution in [2.75, 3.05) is 7.11 Å². The van der Waals surface area contributed by atoms with Crippen molar-refractivity contribution in [1.82, 2.24) is 0 Å². The zero-order valence-electron chi connectivity index (χ0n) is 13.4. The monoisotopic (exact) mass is 280 g/mol. The molecular formula is C17H28O3. The third-order valence-electron chi connectivity index (χ3n) is 5.78. The van der Waals surface area contributed by atoms with Crippen LogP contribution in [0.2, 0.25) is 0 Å². The highest BCUT2D eigenvalue weighted by atomic mass is 16.5. The SMILES string of the molecule is COC(=O)C1C[C@@]2(C)CC[C@@H]1[C@@](C)(CC=C(C)C)C2O. The second kappa shape index (κ2) is 5.18. The molecule has 5 atom stereocenters. The lowest BCUT2D eigenvalue weighted by Gasteiger charge is -2.61. The number of aliphatic hydroxyl groups is 1. The molecule has 2 bridgehead atoms. The van der Waals surface area contributed by atoms with Crippen molar-refractivity contribution in [3.8, 4) is 0 Å². The highest BCUT2D eigenvalue weighted by molar-refractivity contribution is 5.73. The lowest BCUT2D eigenvalue weighted by molar-refractivity contribution is -0.200. The summed E-state index contributed by atoms with van der Waals surface area (Å²) in [5, 5.41) is 10.9. The number of fused-ring (bicyclic) bond motifs is 3. The van der Waals surface area contributed by atoms with Gasteiger partial charge in [0.05, 0.1) is 19.1 Å². The minimum atomic E-state index is -0.342. The van der Waals surface area contributed by atoms with E-state index in [4.69, 9.17) is 4.74 Å². The summed E-state index contributed by atoms with van der Waals surface area (Å²) >= 11 is 0. The van der Waals surface area contributed by atoms with Crippen LogP contribution in [0.25, 0.3) is 0 Å². The van der Waals surface area contributed by atoms with Crippen LogP contribution in [-0.4, -0.2) is 24.3 Å². The predicted molar refractivity (Wildman–Crippen MR) is 79.1 cm³/mol. The van der Waals surface area contributed by atoms with E-state index < -0.39 is 0 Å². The number of hydrogen-bond acceptors (Lipinski definition) is 3. The van der Waals surface area contributed by atoms with Gasteiger partial charge >= 0.3 is 5.97 Å². The maximum absolute atomic E-state index is 12.1. The minimum Gasteiger partial charge on any atom is -0.469 e. The van der Waals surface area contributed by atoms with Crippen LogP contribution in [0.5, 0.6) is 0 Å². The van der Waals surface area contributed by atoms with Crippen molar-refractivity contribution in [2.24, 2.45) is 22.7 Å². The fraction of sp³-hybridized carbons (Fsp3) is 0.824. The molecule has 3 nitrogen and oxygen atoms in total. The number of esters is 1. The molecule has 2 unspecified atom stereocenters. The highest BCUT2D eigenvalue weighted by Gasteiger charge is 2.61. The number of carbonyl (C=O) groups is 1. The van der Waals surface area contributed by atoms with Gasteiger partial charge in [0.25, 0.3) is 0 Å². The molecule has 3 rings (SSSR count). The number of hydrogen-bond donors (Lipinski definition) is 1. The highest BCUT2D eigenvalue weighted by Crippen LogP contribution is 2.62. The summed E-state index contributed by atoms with van der Waals surface area (Å²) in [7, 11) is 1.47. The molecule has 0 aromatic rings. The summed E-state index contributed by atoms with van der Waals surface area (Å²) in [5.74, 6) is 0.0661. The van der Waals surface area contributed by atoms with E-state index in [2.05, 4.69) is 33.8 Å². The molecular weight excluding hydrogens is 252 g/mol. The van der Waals surface area contributed by atoms with Gasteiger partial charge in [0.15, 0.2) is 0 Å². The predicted octanol–water partition coefficient (Wildman–Crippen LogP) is 3.32. The van der Waals surface area contributed by atoms with Crippen molar-refractivity contribution >= 4 is 5.97 Å². The summed E-state index contributed by atoms with van der Waals surface area (Å²) in [5.41, 5.74) is 0.888. The lowest BCUT2D eigenvalue weighted by Crippen LogP contribution is -2.61. The number of methoxy groups -OCH3 is 1. The molecule has 3 aliphatic rings. The van der Waals surface area contributed by atoms with Crippen LogP contribution in [0.15, 0.2) is 11.6 Å². The van der Waals surface area contributed by atoms with Crippen LogP contribution in [0.4, 0.5) is 0 Å². The molecule has 3 aliphatic carbocycles. The van der Waals surface area contributed by atoms with E-state index in [1.165, 1.54) is 12.7 Å². The number of ether oxygens (including phenoxy) is 1. The van der Waals surface area contributed by atoms with Gasteiger partial charge in [-0.1, -0.05) is 25.5 Å². The molecule has 0 amide bonds. The largest absolute Gasteiger partial charge is 0.469 e. The molecule has 0 heterocycles. The van der Waals surface area contributed by atoms with Crippen LogP contribution >= 0.6 is 0 Å². The van der Waals surface area contributed by atoms with Gasteiger partial charge in [-0.3, -0.25) is 4.79 Å². The summed E-state index contributed by atoms with van der Waals surface area (Å²) < 4.78 is 5.01. The van der Waals surface area contributed by atoms with E-state index in [-0.39, 0.29) is 34.7 Å². The van der Waals surface area contributed by atoms with E-state index >= 15 is 0 Å². The van der Waals surface area contributed by atoms with E-state index in [9.17, 15) is 9.90 Å². The third kappa shape index (κ3) is 2.30.